The summed E-state index contributed by atoms with van der Waals surface area (Å²) in [6.07, 6.45) is 2.29. The van der Waals surface area contributed by atoms with E-state index in [1.165, 1.54) is 54.3 Å². The Labute approximate surface area is 225 Å². The first kappa shape index (κ1) is 27.1. The van der Waals surface area contributed by atoms with Crippen LogP contribution in [0.3, 0.4) is 0 Å². The summed E-state index contributed by atoms with van der Waals surface area (Å²) in [5, 5.41) is 0. The fraction of sp³-hybridized carbons (Fsp3) is 0.421. The lowest BCUT2D eigenvalue weighted by molar-refractivity contribution is -0.138. The maximum atomic E-state index is 12.2. The molecule has 0 saturated heterocycles. The molecule has 0 aliphatic carbocycles. The van der Waals surface area contributed by atoms with Gasteiger partial charge in [0.05, 0.1) is 35.7 Å². The number of rotatable bonds is 8. The molecule has 2 aliphatic rings. The highest BCUT2D eigenvalue weighted by molar-refractivity contribution is 8.46. The van der Waals surface area contributed by atoms with E-state index < -0.39 is 11.9 Å². The minimum absolute atomic E-state index is 0.254. The van der Waals surface area contributed by atoms with Crippen LogP contribution in [0.1, 0.15) is 26.7 Å². The van der Waals surface area contributed by atoms with Crippen LogP contribution in [0.25, 0.3) is 8.47 Å². The number of hydrogen-bond acceptors (Lipinski definition) is 13. The first-order valence-corrected chi connectivity index (χ1v) is 16.7. The lowest BCUT2D eigenvalue weighted by Gasteiger charge is -2.02. The zero-order valence-electron chi connectivity index (χ0n) is 17.6. The summed E-state index contributed by atoms with van der Waals surface area (Å²) in [5.41, 5.74) is 0. The van der Waals surface area contributed by atoms with E-state index in [0.717, 1.165) is 36.9 Å². The zero-order valence-corrected chi connectivity index (χ0v) is 25.0. The van der Waals surface area contributed by atoms with Crippen molar-refractivity contribution in [2.24, 2.45) is 0 Å². The maximum absolute atomic E-state index is 12.2. The van der Waals surface area contributed by atoms with Crippen molar-refractivity contribution in [3.63, 3.8) is 0 Å². The van der Waals surface area contributed by atoms with Crippen LogP contribution in [0.15, 0.2) is 18.3 Å². The van der Waals surface area contributed by atoms with Gasteiger partial charge in [-0.2, -0.15) is 0 Å². The average molecular weight is 601 g/mol. The number of thioether (sulfide) groups is 6. The van der Waals surface area contributed by atoms with Gasteiger partial charge in [0, 0.05) is 0 Å². The molecule has 0 spiro atoms. The van der Waals surface area contributed by atoms with Crippen molar-refractivity contribution < 1.29 is 19.1 Å². The summed E-state index contributed by atoms with van der Waals surface area (Å²) in [6.45, 7) is 4.41. The summed E-state index contributed by atoms with van der Waals surface area (Å²) >= 11 is 18.9. The molecule has 13 heteroatoms. The second kappa shape index (κ2) is 13.0. The monoisotopic (exact) mass is 600 g/mol. The van der Waals surface area contributed by atoms with Crippen molar-refractivity contribution in [1.29, 1.82) is 0 Å². The third kappa shape index (κ3) is 6.39. The molecule has 0 N–H and O–H groups in total. The lowest BCUT2D eigenvalue weighted by Crippen LogP contribution is -2.08. The van der Waals surface area contributed by atoms with Crippen LogP contribution in [0.4, 0.5) is 0 Å². The van der Waals surface area contributed by atoms with Gasteiger partial charge in [-0.25, -0.2) is 9.59 Å². The quantitative estimate of drug-likeness (QED) is 0.240. The Morgan fingerprint density at radius 1 is 0.812 bits per heavy atom. The van der Waals surface area contributed by atoms with Gasteiger partial charge >= 0.3 is 11.9 Å². The number of carbonyl (C=O) groups is 2. The SMILES string of the molecule is CCCSC1=C(SCCC)SC(=c2sc(=S)c(=C3SC(C(=O)OC)=C(C(=O)OC)S3)s2)S1. The Kier molecular flexibility index (Phi) is 11.0. The predicted octanol–water partition coefficient (Wildman–Crippen LogP) is 6.60. The third-order valence-electron chi connectivity index (χ3n) is 3.67. The summed E-state index contributed by atoms with van der Waals surface area (Å²) < 4.78 is 17.4. The van der Waals surface area contributed by atoms with Crippen LogP contribution < -0.4 is 8.38 Å². The number of methoxy groups -OCH3 is 2. The van der Waals surface area contributed by atoms with Crippen LogP contribution in [-0.2, 0) is 19.1 Å². The Balaban J connectivity index is 1.97. The van der Waals surface area contributed by atoms with Gasteiger partial charge in [0.2, 0.25) is 0 Å². The van der Waals surface area contributed by atoms with Crippen LogP contribution in [0.2, 0.25) is 0 Å². The van der Waals surface area contributed by atoms with Gasteiger partial charge in [0.1, 0.15) is 17.5 Å². The van der Waals surface area contributed by atoms with Gasteiger partial charge in [-0.1, -0.05) is 73.1 Å². The van der Waals surface area contributed by atoms with Crippen molar-refractivity contribution in [2.45, 2.75) is 26.7 Å². The normalized spacial score (nSPS) is 16.4. The Hall–Kier alpha value is 0.530. The molecule has 0 amide bonds. The van der Waals surface area contributed by atoms with E-state index in [4.69, 9.17) is 21.7 Å². The molecule has 1 aromatic rings. The molecule has 3 rings (SSSR count). The zero-order chi connectivity index (χ0) is 23.3. The van der Waals surface area contributed by atoms with Gasteiger partial charge in [-0.15, -0.1) is 46.2 Å². The van der Waals surface area contributed by atoms with Gasteiger partial charge < -0.3 is 9.47 Å². The molecular weight excluding hydrogens is 581 g/mol. The first-order chi connectivity index (χ1) is 15.4. The molecule has 32 heavy (non-hydrogen) atoms. The molecule has 0 radical (unpaired) electrons. The number of ether oxygens (including phenoxy) is 2. The highest BCUT2D eigenvalue weighted by atomic mass is 32.3. The average Bonchev–Trinajstić information content (AvgIpc) is 3.51. The molecule has 0 aromatic carbocycles. The largest absolute Gasteiger partial charge is 0.465 e. The minimum atomic E-state index is -0.542. The molecular formula is C19H20O4S9. The van der Waals surface area contributed by atoms with Crippen molar-refractivity contribution in [1.82, 2.24) is 0 Å². The molecule has 2 aliphatic heterocycles. The summed E-state index contributed by atoms with van der Waals surface area (Å²) in [4.78, 5) is 24.9. The van der Waals surface area contributed by atoms with Crippen molar-refractivity contribution in [2.75, 3.05) is 25.7 Å². The number of hydrogen-bond donors (Lipinski definition) is 0. The van der Waals surface area contributed by atoms with E-state index in [2.05, 4.69) is 13.8 Å². The van der Waals surface area contributed by atoms with Crippen molar-refractivity contribution in [3.05, 3.63) is 30.5 Å². The fourth-order valence-electron chi connectivity index (χ4n) is 2.26. The third-order valence-corrected chi connectivity index (χ3v) is 15.9. The second-order valence-corrected chi connectivity index (χ2v) is 16.3. The smallest absolute Gasteiger partial charge is 0.346 e. The highest BCUT2D eigenvalue weighted by Crippen LogP contribution is 2.58. The first-order valence-electron chi connectivity index (χ1n) is 9.44. The predicted molar refractivity (Wildman–Crippen MR) is 153 cm³/mol. The molecule has 0 bridgehead atoms. The highest BCUT2D eigenvalue weighted by Gasteiger charge is 2.33. The Morgan fingerprint density at radius 3 is 1.75 bits per heavy atom. The summed E-state index contributed by atoms with van der Waals surface area (Å²) in [7, 11) is 2.61. The maximum Gasteiger partial charge on any atom is 0.346 e. The van der Waals surface area contributed by atoms with E-state index in [-0.39, 0.29) is 9.81 Å². The van der Waals surface area contributed by atoms with Crippen LogP contribution in [-0.4, -0.2) is 37.7 Å². The van der Waals surface area contributed by atoms with E-state index in [1.54, 1.807) is 22.7 Å². The molecule has 0 saturated carbocycles. The van der Waals surface area contributed by atoms with Gasteiger partial charge in [0.15, 0.2) is 0 Å². The molecule has 0 fully saturated rings. The Morgan fingerprint density at radius 2 is 1.31 bits per heavy atom. The molecule has 3 heterocycles. The van der Waals surface area contributed by atoms with Crippen molar-refractivity contribution in [3.8, 4) is 0 Å². The second-order valence-electron chi connectivity index (χ2n) is 6.00. The molecule has 1 aromatic heterocycles. The van der Waals surface area contributed by atoms with Crippen LogP contribution in [0.5, 0.6) is 0 Å². The molecule has 174 valence electrons. The summed E-state index contributed by atoms with van der Waals surface area (Å²) in [6, 6.07) is 0. The van der Waals surface area contributed by atoms with Crippen LogP contribution in [0, 0.1) is 3.82 Å². The van der Waals surface area contributed by atoms with Gasteiger partial charge in [0.25, 0.3) is 0 Å². The minimum Gasteiger partial charge on any atom is -0.465 e. The number of esters is 2. The van der Waals surface area contributed by atoms with Crippen molar-refractivity contribution >= 4 is 126 Å². The van der Waals surface area contributed by atoms with Gasteiger partial charge in [-0.3, -0.25) is 0 Å². The van der Waals surface area contributed by atoms with E-state index in [0.29, 0.717) is 0 Å². The lowest BCUT2D eigenvalue weighted by atomic mass is 10.5. The van der Waals surface area contributed by atoms with Crippen LogP contribution >= 0.6 is 105 Å². The topological polar surface area (TPSA) is 52.6 Å². The molecule has 0 unspecified atom stereocenters. The van der Waals surface area contributed by atoms with E-state index in [1.807, 2.05) is 47.0 Å². The standard InChI is InChI=1S/C19H20O4S9/c1-5-7-25-16-17(26-8-6-2)32-19(31-16)18-29-11(14(24)30-18)15-27-9(12(20)22-3)10(28-15)13(21)23-4/h5-8H2,1-4H3. The fourth-order valence-corrected chi connectivity index (χ4v) is 14.2. The van der Waals surface area contributed by atoms with E-state index in [9.17, 15) is 9.59 Å². The van der Waals surface area contributed by atoms with Gasteiger partial charge in [-0.05, 0) is 24.3 Å². The summed E-state index contributed by atoms with van der Waals surface area (Å²) in [5.74, 6) is 1.14. The molecule has 4 nitrogen and oxygen atoms in total. The molecule has 0 atom stereocenters. The Bertz CT molecular complexity index is 1090. The van der Waals surface area contributed by atoms with E-state index >= 15 is 0 Å². The number of carbonyl (C=O) groups excluding carboxylic acids is 2.